The highest BCUT2D eigenvalue weighted by Gasteiger charge is 2.60. The summed E-state index contributed by atoms with van der Waals surface area (Å²) in [7, 11) is -3.67. The number of para-hydroxylation sites is 1. The molecule has 1 aromatic heterocycles. The summed E-state index contributed by atoms with van der Waals surface area (Å²) in [6, 6.07) is 14.8. The summed E-state index contributed by atoms with van der Waals surface area (Å²) in [5.74, 6) is 1.30. The maximum Gasteiger partial charge on any atom is 0.238 e. The van der Waals surface area contributed by atoms with Gasteiger partial charge in [0.15, 0.2) is 0 Å². The van der Waals surface area contributed by atoms with Gasteiger partial charge in [-0.1, -0.05) is 44.2 Å². The van der Waals surface area contributed by atoms with E-state index in [-0.39, 0.29) is 22.1 Å². The highest BCUT2D eigenvalue weighted by Crippen LogP contribution is 2.69. The molecule has 1 saturated carbocycles. The number of aromatic nitrogens is 2. The predicted molar refractivity (Wildman–Crippen MR) is 96.6 cm³/mol. The van der Waals surface area contributed by atoms with Crippen LogP contribution in [-0.4, -0.2) is 18.4 Å². The van der Waals surface area contributed by atoms with Gasteiger partial charge < -0.3 is 0 Å². The van der Waals surface area contributed by atoms with E-state index in [0.717, 1.165) is 22.3 Å². The van der Waals surface area contributed by atoms with Gasteiger partial charge in [-0.25, -0.2) is 23.5 Å². The molecule has 0 saturated heterocycles. The molecule has 1 aliphatic carbocycles. The van der Waals surface area contributed by atoms with Crippen LogP contribution in [0.15, 0.2) is 59.6 Å². The number of benzene rings is 2. The van der Waals surface area contributed by atoms with Crippen molar-refractivity contribution >= 4 is 20.9 Å². The molecule has 6 heteroatoms. The standard InChI is InChI=1S/C19H19N3O2S/c1-19(2)16(12-7-9-14(10-8-12)25(20,23)24)17(19)18-21-11-13-5-3-4-6-15(13)22-18/h3-11,16-17H,1-2H3,(H2,20,23,24)/t16-,17+/m0/s1. The average Bonchev–Trinajstić information content (AvgIpc) is 3.16. The summed E-state index contributed by atoms with van der Waals surface area (Å²) in [6.45, 7) is 4.38. The number of fused-ring (bicyclic) bond motifs is 1. The molecule has 0 spiro atoms. The highest BCUT2D eigenvalue weighted by molar-refractivity contribution is 7.89. The van der Waals surface area contributed by atoms with E-state index in [1.807, 2.05) is 42.6 Å². The van der Waals surface area contributed by atoms with Gasteiger partial charge in [0.25, 0.3) is 0 Å². The number of primary sulfonamides is 1. The Hall–Kier alpha value is -2.31. The monoisotopic (exact) mass is 353 g/mol. The minimum atomic E-state index is -3.67. The summed E-state index contributed by atoms with van der Waals surface area (Å²) in [4.78, 5) is 9.44. The largest absolute Gasteiger partial charge is 0.240 e. The van der Waals surface area contributed by atoms with E-state index in [1.165, 1.54) is 0 Å². The van der Waals surface area contributed by atoms with Crippen molar-refractivity contribution in [3.8, 4) is 0 Å². The first-order valence-electron chi connectivity index (χ1n) is 8.13. The van der Waals surface area contributed by atoms with E-state index in [4.69, 9.17) is 10.1 Å². The molecule has 4 rings (SSSR count). The fourth-order valence-electron chi connectivity index (χ4n) is 3.74. The van der Waals surface area contributed by atoms with Crippen molar-refractivity contribution in [1.82, 2.24) is 9.97 Å². The van der Waals surface area contributed by atoms with Crippen LogP contribution < -0.4 is 5.14 Å². The Morgan fingerprint density at radius 3 is 2.36 bits per heavy atom. The summed E-state index contributed by atoms with van der Waals surface area (Å²) in [5, 5.41) is 6.20. The average molecular weight is 353 g/mol. The Kier molecular flexibility index (Phi) is 3.46. The van der Waals surface area contributed by atoms with Crippen LogP contribution >= 0.6 is 0 Å². The number of hydrogen-bond acceptors (Lipinski definition) is 4. The summed E-state index contributed by atoms with van der Waals surface area (Å²) < 4.78 is 22.9. The Balaban J connectivity index is 1.69. The molecule has 0 unspecified atom stereocenters. The van der Waals surface area contributed by atoms with Gasteiger partial charge in [-0.05, 0) is 29.2 Å². The van der Waals surface area contributed by atoms with E-state index < -0.39 is 10.0 Å². The van der Waals surface area contributed by atoms with Crippen LogP contribution in [0.3, 0.4) is 0 Å². The van der Waals surface area contributed by atoms with Crippen molar-refractivity contribution in [3.63, 3.8) is 0 Å². The van der Waals surface area contributed by atoms with Crippen LogP contribution in [0, 0.1) is 5.41 Å². The molecule has 0 aliphatic heterocycles. The molecule has 5 nitrogen and oxygen atoms in total. The Morgan fingerprint density at radius 2 is 1.68 bits per heavy atom. The second-order valence-electron chi connectivity index (χ2n) is 7.18. The van der Waals surface area contributed by atoms with Crippen LogP contribution in [-0.2, 0) is 10.0 Å². The molecular weight excluding hydrogens is 334 g/mol. The van der Waals surface area contributed by atoms with Crippen LogP contribution in [0.25, 0.3) is 10.9 Å². The first-order chi connectivity index (χ1) is 11.8. The molecule has 1 fully saturated rings. The third-order valence-corrected chi connectivity index (χ3v) is 6.11. The number of rotatable bonds is 3. The summed E-state index contributed by atoms with van der Waals surface area (Å²) >= 11 is 0. The summed E-state index contributed by atoms with van der Waals surface area (Å²) in [6.07, 6.45) is 1.87. The lowest BCUT2D eigenvalue weighted by molar-refractivity contribution is 0.593. The maximum absolute atomic E-state index is 11.4. The zero-order chi connectivity index (χ0) is 17.8. The minimum absolute atomic E-state index is 0.0194. The highest BCUT2D eigenvalue weighted by atomic mass is 32.2. The fraction of sp³-hybridized carbons (Fsp3) is 0.263. The molecule has 0 bridgehead atoms. The maximum atomic E-state index is 11.4. The van der Waals surface area contributed by atoms with Crippen molar-refractivity contribution in [3.05, 3.63) is 66.1 Å². The van der Waals surface area contributed by atoms with E-state index in [2.05, 4.69) is 18.8 Å². The van der Waals surface area contributed by atoms with Crippen LogP contribution in [0.5, 0.6) is 0 Å². The minimum Gasteiger partial charge on any atom is -0.240 e. The Bertz CT molecular complexity index is 1060. The second kappa shape index (κ2) is 5.34. The first kappa shape index (κ1) is 16.2. The Labute approximate surface area is 147 Å². The smallest absolute Gasteiger partial charge is 0.238 e. The fourth-order valence-corrected chi connectivity index (χ4v) is 4.26. The zero-order valence-electron chi connectivity index (χ0n) is 14.0. The lowest BCUT2D eigenvalue weighted by atomic mass is 10.0. The Morgan fingerprint density at radius 1 is 1.00 bits per heavy atom. The molecule has 1 heterocycles. The third-order valence-electron chi connectivity index (χ3n) is 5.18. The van der Waals surface area contributed by atoms with Crippen LogP contribution in [0.2, 0.25) is 0 Å². The van der Waals surface area contributed by atoms with Gasteiger partial charge in [-0.15, -0.1) is 0 Å². The van der Waals surface area contributed by atoms with Crippen molar-refractivity contribution in [2.75, 3.05) is 0 Å². The zero-order valence-corrected chi connectivity index (χ0v) is 14.9. The number of sulfonamides is 1. The quantitative estimate of drug-likeness (QED) is 0.783. The number of nitrogens with two attached hydrogens (primary N) is 1. The van der Waals surface area contributed by atoms with Gasteiger partial charge >= 0.3 is 0 Å². The molecule has 1 aliphatic rings. The van der Waals surface area contributed by atoms with E-state index in [9.17, 15) is 8.42 Å². The normalized spacial score (nSPS) is 22.0. The molecule has 128 valence electrons. The second-order valence-corrected chi connectivity index (χ2v) is 8.74. The lowest BCUT2D eigenvalue weighted by Crippen LogP contribution is -2.11. The molecule has 2 aromatic carbocycles. The lowest BCUT2D eigenvalue weighted by Gasteiger charge is -2.04. The van der Waals surface area contributed by atoms with Gasteiger partial charge in [0.2, 0.25) is 10.0 Å². The van der Waals surface area contributed by atoms with Crippen LogP contribution in [0.4, 0.5) is 0 Å². The van der Waals surface area contributed by atoms with Crippen LogP contribution in [0.1, 0.15) is 37.1 Å². The molecule has 25 heavy (non-hydrogen) atoms. The van der Waals surface area contributed by atoms with E-state index >= 15 is 0 Å². The molecule has 2 N–H and O–H groups in total. The molecular formula is C19H19N3O2S. The topological polar surface area (TPSA) is 85.9 Å². The van der Waals surface area contributed by atoms with Crippen molar-refractivity contribution in [2.45, 2.75) is 30.6 Å². The number of hydrogen-bond donors (Lipinski definition) is 1. The van der Waals surface area contributed by atoms with Crippen molar-refractivity contribution < 1.29 is 8.42 Å². The SMILES string of the molecule is CC1(C)[C@@H](c2ccc(S(N)(=O)=O)cc2)[C@@H]1c1ncc2ccccc2n1. The van der Waals surface area contributed by atoms with Gasteiger partial charge in [0.1, 0.15) is 5.82 Å². The van der Waals surface area contributed by atoms with Crippen molar-refractivity contribution in [1.29, 1.82) is 0 Å². The van der Waals surface area contributed by atoms with E-state index in [0.29, 0.717) is 0 Å². The molecule has 2 atom stereocenters. The third kappa shape index (κ3) is 2.71. The predicted octanol–water partition coefficient (Wildman–Crippen LogP) is 3.18. The van der Waals surface area contributed by atoms with E-state index in [1.54, 1.807) is 12.1 Å². The summed E-state index contributed by atoms with van der Waals surface area (Å²) in [5.41, 5.74) is 2.05. The van der Waals surface area contributed by atoms with Gasteiger partial charge in [0.05, 0.1) is 10.4 Å². The molecule has 0 amide bonds. The van der Waals surface area contributed by atoms with Crippen molar-refractivity contribution in [2.24, 2.45) is 10.6 Å². The number of nitrogens with zero attached hydrogens (tertiary/aromatic N) is 2. The molecule has 3 aromatic rings. The molecule has 0 radical (unpaired) electrons. The van der Waals surface area contributed by atoms with Gasteiger partial charge in [0, 0.05) is 23.4 Å². The first-order valence-corrected chi connectivity index (χ1v) is 9.67. The van der Waals surface area contributed by atoms with Gasteiger partial charge in [-0.3, -0.25) is 0 Å². The van der Waals surface area contributed by atoms with Gasteiger partial charge in [-0.2, -0.15) is 0 Å².